The number of fused-ring (bicyclic) bond motifs is 1. The summed E-state index contributed by atoms with van der Waals surface area (Å²) in [5, 5.41) is 5.22. The lowest BCUT2D eigenvalue weighted by Crippen LogP contribution is -2.22. The Morgan fingerprint density at radius 1 is 1.10 bits per heavy atom. The minimum Gasteiger partial charge on any atom is -0.343 e. The first-order valence-corrected chi connectivity index (χ1v) is 5.95. The first-order valence-electron chi connectivity index (χ1n) is 5.95. The van der Waals surface area contributed by atoms with Gasteiger partial charge >= 0.3 is 5.97 Å². The van der Waals surface area contributed by atoms with Gasteiger partial charge in [0.05, 0.1) is 5.56 Å². The van der Waals surface area contributed by atoms with Crippen molar-refractivity contribution in [3.8, 4) is 0 Å². The molecule has 0 unspecified atom stereocenters. The second kappa shape index (κ2) is 5.97. The van der Waals surface area contributed by atoms with Gasteiger partial charge in [0, 0.05) is 14.1 Å². The smallest absolute Gasteiger partial charge is 0.343 e. The number of benzene rings is 2. The second-order valence-electron chi connectivity index (χ2n) is 4.34. The van der Waals surface area contributed by atoms with Crippen LogP contribution in [-0.4, -0.2) is 37.1 Å². The van der Waals surface area contributed by atoms with Crippen LogP contribution in [0.4, 0.5) is 0 Å². The largest absolute Gasteiger partial charge is 0.365 e. The number of carbonyl (C=O) groups excluding carboxylic acids is 2. The average Bonchev–Trinajstić information content (AvgIpc) is 2.46. The summed E-state index contributed by atoms with van der Waals surface area (Å²) in [5.41, 5.74) is 0.367. The Morgan fingerprint density at radius 3 is 2.50 bits per heavy atom. The zero-order valence-corrected chi connectivity index (χ0v) is 11.2. The number of hydrogen-bond acceptors (Lipinski definition) is 4. The van der Waals surface area contributed by atoms with Gasteiger partial charge in [-0.25, -0.2) is 4.79 Å². The van der Waals surface area contributed by atoms with Crippen LogP contribution in [0.3, 0.4) is 0 Å². The van der Waals surface area contributed by atoms with Crippen molar-refractivity contribution in [3.63, 3.8) is 0 Å². The van der Waals surface area contributed by atoms with E-state index < -0.39 is 11.9 Å². The molecule has 0 saturated heterocycles. The Bertz CT molecular complexity index is 678. The molecule has 2 aromatic carbocycles. The molecule has 0 N–H and O–H groups in total. The Kier molecular flexibility index (Phi) is 4.10. The van der Waals surface area contributed by atoms with Crippen LogP contribution in [0.2, 0.25) is 0 Å². The number of nitrogens with zero attached hydrogens (tertiary/aromatic N) is 2. The van der Waals surface area contributed by atoms with Gasteiger partial charge in [-0.3, -0.25) is 4.79 Å². The molecule has 0 bridgehead atoms. The number of hydrogen-bond donors (Lipinski definition) is 0. The van der Waals surface area contributed by atoms with E-state index in [1.807, 2.05) is 30.3 Å². The third-order valence-corrected chi connectivity index (χ3v) is 2.66. The molecule has 0 aliphatic rings. The van der Waals surface area contributed by atoms with E-state index in [1.54, 1.807) is 26.2 Å². The molecule has 5 heteroatoms. The minimum atomic E-state index is -0.630. The van der Waals surface area contributed by atoms with E-state index >= 15 is 0 Å². The summed E-state index contributed by atoms with van der Waals surface area (Å²) in [6.07, 6.45) is 2.09. The first kappa shape index (κ1) is 13.7. The molecule has 0 atom stereocenters. The molecule has 1 amide bonds. The Hall–Kier alpha value is -2.69. The number of amides is 1. The summed E-state index contributed by atoms with van der Waals surface area (Å²) < 4.78 is 0. The van der Waals surface area contributed by atoms with Crippen LogP contribution < -0.4 is 0 Å². The molecule has 0 aromatic heterocycles. The summed E-state index contributed by atoms with van der Waals surface area (Å²) in [5.74, 6) is -1.11. The molecule has 2 aromatic rings. The summed E-state index contributed by atoms with van der Waals surface area (Å²) in [6, 6.07) is 12.8. The van der Waals surface area contributed by atoms with Crippen molar-refractivity contribution in [3.05, 3.63) is 48.0 Å². The second-order valence-corrected chi connectivity index (χ2v) is 4.34. The summed E-state index contributed by atoms with van der Waals surface area (Å²) >= 11 is 0. The van der Waals surface area contributed by atoms with E-state index in [2.05, 4.69) is 16.2 Å². The first-order chi connectivity index (χ1) is 9.58. The highest BCUT2D eigenvalue weighted by atomic mass is 16.7. The Labute approximate surface area is 116 Å². The van der Waals surface area contributed by atoms with Crippen molar-refractivity contribution in [2.24, 2.45) is 5.16 Å². The molecule has 0 saturated carbocycles. The summed E-state index contributed by atoms with van der Waals surface area (Å²) in [6.45, 7) is 0. The maximum absolute atomic E-state index is 11.8. The molecule has 0 heterocycles. The van der Waals surface area contributed by atoms with Gasteiger partial charge in [0.2, 0.25) is 6.21 Å². The Balaban J connectivity index is 2.10. The van der Waals surface area contributed by atoms with Gasteiger partial charge < -0.3 is 9.74 Å². The SMILES string of the molecule is CN(C)C(=O)/[C]=N\OC(=O)c1ccc2ccccc2c1. The molecule has 0 aliphatic carbocycles. The van der Waals surface area contributed by atoms with E-state index in [-0.39, 0.29) is 0 Å². The summed E-state index contributed by atoms with van der Waals surface area (Å²) in [4.78, 5) is 28.8. The molecule has 0 fully saturated rings. The van der Waals surface area contributed by atoms with Gasteiger partial charge in [0.1, 0.15) is 0 Å². The average molecular weight is 269 g/mol. The lowest BCUT2D eigenvalue weighted by molar-refractivity contribution is -0.121. The van der Waals surface area contributed by atoms with Crippen LogP contribution in [-0.2, 0) is 9.63 Å². The number of rotatable bonds is 3. The van der Waals surface area contributed by atoms with Crippen LogP contribution in [0.5, 0.6) is 0 Å². The van der Waals surface area contributed by atoms with Gasteiger partial charge in [0.25, 0.3) is 5.91 Å². The highest BCUT2D eigenvalue weighted by Crippen LogP contribution is 2.16. The van der Waals surface area contributed by atoms with E-state index in [0.29, 0.717) is 5.56 Å². The molecular weight excluding hydrogens is 256 g/mol. The normalized spacial score (nSPS) is 10.7. The molecule has 0 spiro atoms. The van der Waals surface area contributed by atoms with Crippen molar-refractivity contribution in [2.75, 3.05) is 14.1 Å². The molecule has 20 heavy (non-hydrogen) atoms. The van der Waals surface area contributed by atoms with Crippen LogP contribution in [0.15, 0.2) is 47.6 Å². The lowest BCUT2D eigenvalue weighted by Gasteiger charge is -2.03. The minimum absolute atomic E-state index is 0.367. The third kappa shape index (κ3) is 3.20. The van der Waals surface area contributed by atoms with Crippen LogP contribution in [0.25, 0.3) is 10.8 Å². The predicted octanol–water partition coefficient (Wildman–Crippen LogP) is 1.95. The van der Waals surface area contributed by atoms with Gasteiger partial charge in [0.15, 0.2) is 0 Å². The zero-order chi connectivity index (χ0) is 14.5. The fourth-order valence-corrected chi connectivity index (χ4v) is 1.57. The predicted molar refractivity (Wildman–Crippen MR) is 75.5 cm³/mol. The van der Waals surface area contributed by atoms with E-state index in [9.17, 15) is 9.59 Å². The zero-order valence-electron chi connectivity index (χ0n) is 11.2. The maximum atomic E-state index is 11.8. The standard InChI is InChI=1S/C15H13N2O3/c1-17(2)14(18)10-16-20-15(19)13-8-7-11-5-3-4-6-12(11)9-13/h3-9H,1-2H3. The monoisotopic (exact) mass is 269 g/mol. The van der Waals surface area contributed by atoms with Gasteiger partial charge in [-0.2, -0.15) is 0 Å². The van der Waals surface area contributed by atoms with Gasteiger partial charge in [-0.1, -0.05) is 35.5 Å². The van der Waals surface area contributed by atoms with Crippen molar-refractivity contribution in [1.82, 2.24) is 4.90 Å². The van der Waals surface area contributed by atoms with Gasteiger partial charge in [-0.05, 0) is 22.9 Å². The molecule has 2 rings (SSSR count). The maximum Gasteiger partial charge on any atom is 0.365 e. The lowest BCUT2D eigenvalue weighted by atomic mass is 10.1. The summed E-state index contributed by atoms with van der Waals surface area (Å²) in [7, 11) is 3.10. The van der Waals surface area contributed by atoms with Crippen LogP contribution in [0.1, 0.15) is 10.4 Å². The van der Waals surface area contributed by atoms with E-state index in [0.717, 1.165) is 10.8 Å². The quantitative estimate of drug-likeness (QED) is 0.486. The van der Waals surface area contributed by atoms with Crippen LogP contribution in [0, 0.1) is 0 Å². The fourth-order valence-electron chi connectivity index (χ4n) is 1.57. The molecule has 101 valence electrons. The molecular formula is C15H13N2O3. The fraction of sp³-hybridized carbons (Fsp3) is 0.133. The van der Waals surface area contributed by atoms with Crippen molar-refractivity contribution in [2.45, 2.75) is 0 Å². The molecule has 5 nitrogen and oxygen atoms in total. The molecule has 0 aliphatic heterocycles. The van der Waals surface area contributed by atoms with Gasteiger partial charge in [-0.15, -0.1) is 0 Å². The van der Waals surface area contributed by atoms with E-state index in [4.69, 9.17) is 0 Å². The van der Waals surface area contributed by atoms with Crippen LogP contribution >= 0.6 is 0 Å². The highest BCUT2D eigenvalue weighted by molar-refractivity contribution is 6.25. The topological polar surface area (TPSA) is 59.0 Å². The third-order valence-electron chi connectivity index (χ3n) is 2.66. The molecule has 1 radical (unpaired) electrons. The van der Waals surface area contributed by atoms with Crippen molar-refractivity contribution >= 4 is 28.9 Å². The van der Waals surface area contributed by atoms with Crippen molar-refractivity contribution in [1.29, 1.82) is 0 Å². The van der Waals surface area contributed by atoms with Crippen molar-refractivity contribution < 1.29 is 14.4 Å². The number of carbonyl (C=O) groups is 2. The Morgan fingerprint density at radius 2 is 1.80 bits per heavy atom. The van der Waals surface area contributed by atoms with E-state index in [1.165, 1.54) is 4.90 Å². The highest BCUT2D eigenvalue weighted by Gasteiger charge is 2.08.